The fourth-order valence-electron chi connectivity index (χ4n) is 2.03. The van der Waals surface area contributed by atoms with E-state index in [0.717, 1.165) is 30.6 Å². The summed E-state index contributed by atoms with van der Waals surface area (Å²) in [5.41, 5.74) is 0. The van der Waals surface area contributed by atoms with E-state index in [2.05, 4.69) is 6.92 Å². The number of unbranched alkanes of at least 4 members (excludes halogenated alkanes) is 5. The van der Waals surface area contributed by atoms with Crippen LogP contribution in [-0.2, 0) is 9.59 Å². The molecule has 6 nitrogen and oxygen atoms in total. The van der Waals surface area contributed by atoms with Crippen molar-refractivity contribution < 1.29 is 24.9 Å². The molecule has 0 aliphatic carbocycles. The second-order valence-electron chi connectivity index (χ2n) is 5.01. The van der Waals surface area contributed by atoms with E-state index >= 15 is 0 Å². The molecule has 6 heteroatoms. The molecule has 0 aromatic carbocycles. The van der Waals surface area contributed by atoms with Crippen molar-refractivity contribution in [2.24, 2.45) is 5.92 Å². The Morgan fingerprint density at radius 3 is 2.05 bits per heavy atom. The standard InChI is InChI=1S/C14H27NO5/c1-2-3-4-5-6-7-8-12(14(19)20)9-13(18)15(10-16)11-17/h12,16-17H,2-11H2,1H3,(H,19,20). The fraction of sp³-hybridized carbons (Fsp3) is 0.857. The third kappa shape index (κ3) is 8.12. The largest absolute Gasteiger partial charge is 0.481 e. The molecule has 0 radical (unpaired) electrons. The van der Waals surface area contributed by atoms with Crippen molar-refractivity contribution in [1.82, 2.24) is 4.90 Å². The summed E-state index contributed by atoms with van der Waals surface area (Å²) in [6, 6.07) is 0. The minimum absolute atomic E-state index is 0.175. The number of carbonyl (C=O) groups excluding carboxylic acids is 1. The molecule has 0 bridgehead atoms. The topological polar surface area (TPSA) is 98.1 Å². The van der Waals surface area contributed by atoms with E-state index in [1.54, 1.807) is 0 Å². The molecule has 1 unspecified atom stereocenters. The minimum Gasteiger partial charge on any atom is -0.481 e. The van der Waals surface area contributed by atoms with Crippen LogP contribution >= 0.6 is 0 Å². The molecule has 0 fully saturated rings. The zero-order valence-corrected chi connectivity index (χ0v) is 12.3. The predicted octanol–water partition coefficient (Wildman–Crippen LogP) is 1.56. The third-order valence-corrected chi connectivity index (χ3v) is 3.37. The molecular formula is C14H27NO5. The van der Waals surface area contributed by atoms with Gasteiger partial charge in [-0.1, -0.05) is 45.4 Å². The predicted molar refractivity (Wildman–Crippen MR) is 74.8 cm³/mol. The van der Waals surface area contributed by atoms with E-state index in [1.807, 2.05) is 0 Å². The van der Waals surface area contributed by atoms with Crippen LogP contribution < -0.4 is 0 Å². The molecular weight excluding hydrogens is 262 g/mol. The molecule has 0 heterocycles. The van der Waals surface area contributed by atoms with Crippen LogP contribution in [0.2, 0.25) is 0 Å². The fourth-order valence-corrected chi connectivity index (χ4v) is 2.03. The summed E-state index contributed by atoms with van der Waals surface area (Å²) in [4.78, 5) is 23.6. The van der Waals surface area contributed by atoms with Crippen molar-refractivity contribution in [3.05, 3.63) is 0 Å². The highest BCUT2D eigenvalue weighted by atomic mass is 16.4. The SMILES string of the molecule is CCCCCCCCC(CC(=O)N(CO)CO)C(=O)O. The number of hydrogen-bond donors (Lipinski definition) is 3. The van der Waals surface area contributed by atoms with Gasteiger partial charge in [-0.15, -0.1) is 0 Å². The molecule has 0 aromatic rings. The quantitative estimate of drug-likeness (QED) is 0.374. The average Bonchev–Trinajstić information content (AvgIpc) is 2.42. The van der Waals surface area contributed by atoms with Gasteiger partial charge in [0.15, 0.2) is 0 Å². The summed E-state index contributed by atoms with van der Waals surface area (Å²) in [6.07, 6.45) is 6.66. The summed E-state index contributed by atoms with van der Waals surface area (Å²) in [5, 5.41) is 26.8. The van der Waals surface area contributed by atoms with Gasteiger partial charge in [-0.2, -0.15) is 0 Å². The number of carboxylic acid groups (broad SMARTS) is 1. The van der Waals surface area contributed by atoms with E-state index in [1.165, 1.54) is 12.8 Å². The van der Waals surface area contributed by atoms with E-state index < -0.39 is 31.3 Å². The van der Waals surface area contributed by atoms with Crippen molar-refractivity contribution in [3.8, 4) is 0 Å². The lowest BCUT2D eigenvalue weighted by Crippen LogP contribution is -2.35. The molecule has 0 spiro atoms. The Bertz CT molecular complexity index is 279. The molecule has 0 aliphatic heterocycles. The molecule has 0 aliphatic rings. The van der Waals surface area contributed by atoms with Crippen LogP contribution in [0.3, 0.4) is 0 Å². The molecule has 1 atom stereocenters. The summed E-state index contributed by atoms with van der Waals surface area (Å²) in [5.74, 6) is -2.27. The smallest absolute Gasteiger partial charge is 0.307 e. The summed E-state index contributed by atoms with van der Waals surface area (Å²) >= 11 is 0. The number of carbonyl (C=O) groups is 2. The van der Waals surface area contributed by atoms with Gasteiger partial charge < -0.3 is 15.3 Å². The summed E-state index contributed by atoms with van der Waals surface area (Å²) in [6.45, 7) is 0.942. The van der Waals surface area contributed by atoms with E-state index in [9.17, 15) is 9.59 Å². The second-order valence-corrected chi connectivity index (χ2v) is 5.01. The first-order chi connectivity index (χ1) is 9.56. The number of nitrogens with zero attached hydrogens (tertiary/aromatic N) is 1. The van der Waals surface area contributed by atoms with E-state index in [4.69, 9.17) is 15.3 Å². The number of hydrogen-bond acceptors (Lipinski definition) is 4. The molecule has 1 amide bonds. The lowest BCUT2D eigenvalue weighted by molar-refractivity contribution is -0.149. The average molecular weight is 289 g/mol. The van der Waals surface area contributed by atoms with Crippen LogP contribution in [0.15, 0.2) is 0 Å². The van der Waals surface area contributed by atoms with Crippen LogP contribution in [-0.4, -0.2) is 45.6 Å². The van der Waals surface area contributed by atoms with Gasteiger partial charge in [0.25, 0.3) is 0 Å². The number of carboxylic acids is 1. The van der Waals surface area contributed by atoms with Gasteiger partial charge in [-0.05, 0) is 6.42 Å². The molecule has 118 valence electrons. The van der Waals surface area contributed by atoms with Gasteiger partial charge in [-0.3, -0.25) is 14.5 Å². The van der Waals surface area contributed by atoms with Crippen molar-refractivity contribution in [2.45, 2.75) is 58.3 Å². The zero-order chi connectivity index (χ0) is 15.4. The molecule has 20 heavy (non-hydrogen) atoms. The van der Waals surface area contributed by atoms with Crippen molar-refractivity contribution >= 4 is 11.9 Å². The molecule has 0 rings (SSSR count). The maximum atomic E-state index is 11.6. The van der Waals surface area contributed by atoms with Crippen molar-refractivity contribution in [3.63, 3.8) is 0 Å². The van der Waals surface area contributed by atoms with Crippen LogP contribution in [0.4, 0.5) is 0 Å². The number of aliphatic hydroxyl groups is 2. The zero-order valence-electron chi connectivity index (χ0n) is 12.3. The number of aliphatic carboxylic acids is 1. The van der Waals surface area contributed by atoms with Crippen molar-refractivity contribution in [2.75, 3.05) is 13.5 Å². The van der Waals surface area contributed by atoms with E-state index in [0.29, 0.717) is 6.42 Å². The van der Waals surface area contributed by atoms with Crippen LogP contribution in [0, 0.1) is 5.92 Å². The first kappa shape index (κ1) is 18.9. The van der Waals surface area contributed by atoms with Crippen LogP contribution in [0.5, 0.6) is 0 Å². The minimum atomic E-state index is -0.997. The highest BCUT2D eigenvalue weighted by Gasteiger charge is 2.23. The Labute approximate surface area is 120 Å². The normalized spacial score (nSPS) is 12.2. The van der Waals surface area contributed by atoms with Crippen LogP contribution in [0.25, 0.3) is 0 Å². The van der Waals surface area contributed by atoms with Crippen LogP contribution in [0.1, 0.15) is 58.3 Å². The maximum Gasteiger partial charge on any atom is 0.307 e. The Morgan fingerprint density at radius 1 is 1.00 bits per heavy atom. The van der Waals surface area contributed by atoms with Gasteiger partial charge >= 0.3 is 5.97 Å². The highest BCUT2D eigenvalue weighted by Crippen LogP contribution is 2.17. The maximum absolute atomic E-state index is 11.6. The van der Waals surface area contributed by atoms with Crippen molar-refractivity contribution in [1.29, 1.82) is 0 Å². The van der Waals surface area contributed by atoms with Gasteiger partial charge in [0.2, 0.25) is 5.91 Å². The van der Waals surface area contributed by atoms with Gasteiger partial charge in [0, 0.05) is 6.42 Å². The van der Waals surface area contributed by atoms with Gasteiger partial charge in [0.1, 0.15) is 13.5 Å². The number of rotatable bonds is 12. The summed E-state index contributed by atoms with van der Waals surface area (Å²) < 4.78 is 0. The second kappa shape index (κ2) is 11.7. The van der Waals surface area contributed by atoms with E-state index in [-0.39, 0.29) is 6.42 Å². The Kier molecular flexibility index (Phi) is 11.0. The third-order valence-electron chi connectivity index (χ3n) is 3.37. The first-order valence-corrected chi connectivity index (χ1v) is 7.29. The number of aliphatic hydroxyl groups excluding tert-OH is 2. The molecule has 0 saturated heterocycles. The Balaban J connectivity index is 4.04. The molecule has 3 N–H and O–H groups in total. The number of amides is 1. The monoisotopic (exact) mass is 289 g/mol. The van der Waals surface area contributed by atoms with Gasteiger partial charge in [-0.25, -0.2) is 0 Å². The molecule has 0 aromatic heterocycles. The molecule has 0 saturated carbocycles. The Morgan fingerprint density at radius 2 is 1.55 bits per heavy atom. The first-order valence-electron chi connectivity index (χ1n) is 7.29. The lowest BCUT2D eigenvalue weighted by atomic mass is 9.96. The van der Waals surface area contributed by atoms with Gasteiger partial charge in [0.05, 0.1) is 5.92 Å². The highest BCUT2D eigenvalue weighted by molar-refractivity contribution is 5.82. The summed E-state index contributed by atoms with van der Waals surface area (Å²) in [7, 11) is 0. The Hall–Kier alpha value is -1.14. The lowest BCUT2D eigenvalue weighted by Gasteiger charge is -2.19.